The van der Waals surface area contributed by atoms with Crippen LogP contribution in [0.5, 0.6) is 5.75 Å². The SMILES string of the molecule is CCCCNC(=O)c1cccc2c1NC(c1ccccc1OCc1ccccc1)C1CC=CC21. The standard InChI is InChI=1S/C30H32N2O2/c1-2-3-19-31-30(33)26-17-10-16-24-22-14-9-15-23(22)28(32-29(24)26)25-13-7-8-18-27(25)34-20-21-11-5-4-6-12-21/h4-14,16-18,22-23,28,32H,2-3,15,19-20H2,1H3,(H,31,33). The molecule has 0 bridgehead atoms. The summed E-state index contributed by atoms with van der Waals surface area (Å²) < 4.78 is 6.32. The molecule has 2 aliphatic rings. The number of nitrogens with one attached hydrogen (secondary N) is 2. The molecule has 0 saturated carbocycles. The van der Waals surface area contributed by atoms with Crippen LogP contribution in [0, 0.1) is 5.92 Å². The Balaban J connectivity index is 1.46. The van der Waals surface area contributed by atoms with Crippen molar-refractivity contribution >= 4 is 11.6 Å². The van der Waals surface area contributed by atoms with E-state index in [2.05, 4.69) is 66.1 Å². The van der Waals surface area contributed by atoms with Gasteiger partial charge in [0.25, 0.3) is 5.91 Å². The first-order chi connectivity index (χ1) is 16.8. The van der Waals surface area contributed by atoms with Gasteiger partial charge >= 0.3 is 0 Å². The van der Waals surface area contributed by atoms with Crippen LogP contribution < -0.4 is 15.4 Å². The molecular weight excluding hydrogens is 420 g/mol. The number of para-hydroxylation sites is 2. The fourth-order valence-corrected chi connectivity index (χ4v) is 5.20. The van der Waals surface area contributed by atoms with Crippen LogP contribution in [0.3, 0.4) is 0 Å². The minimum atomic E-state index is -0.00871. The van der Waals surface area contributed by atoms with Crippen LogP contribution >= 0.6 is 0 Å². The average molecular weight is 453 g/mol. The van der Waals surface area contributed by atoms with Crippen molar-refractivity contribution in [3.8, 4) is 5.75 Å². The molecule has 34 heavy (non-hydrogen) atoms. The van der Waals surface area contributed by atoms with Gasteiger partial charge in [0.05, 0.1) is 17.3 Å². The van der Waals surface area contributed by atoms with Crippen molar-refractivity contribution in [1.29, 1.82) is 0 Å². The molecule has 3 atom stereocenters. The zero-order valence-corrected chi connectivity index (χ0v) is 19.7. The predicted molar refractivity (Wildman–Crippen MR) is 137 cm³/mol. The van der Waals surface area contributed by atoms with E-state index in [9.17, 15) is 4.79 Å². The zero-order chi connectivity index (χ0) is 23.3. The van der Waals surface area contributed by atoms with Crippen LogP contribution in [0.1, 0.15) is 65.2 Å². The van der Waals surface area contributed by atoms with Crippen molar-refractivity contribution in [2.24, 2.45) is 5.92 Å². The molecule has 0 radical (unpaired) electrons. The summed E-state index contributed by atoms with van der Waals surface area (Å²) in [6, 6.07) is 24.7. The summed E-state index contributed by atoms with van der Waals surface area (Å²) in [6.45, 7) is 3.36. The van der Waals surface area contributed by atoms with Gasteiger partial charge in [-0.15, -0.1) is 0 Å². The topological polar surface area (TPSA) is 50.4 Å². The summed E-state index contributed by atoms with van der Waals surface area (Å²) in [5.74, 6) is 1.55. The third-order valence-electron chi connectivity index (χ3n) is 6.95. The summed E-state index contributed by atoms with van der Waals surface area (Å²) in [4.78, 5) is 13.1. The molecule has 1 aliphatic carbocycles. The number of unbranched alkanes of at least 4 members (excludes halogenated alkanes) is 1. The number of amides is 1. The Morgan fingerprint density at radius 1 is 1.00 bits per heavy atom. The number of benzene rings is 3. The fourth-order valence-electron chi connectivity index (χ4n) is 5.20. The summed E-state index contributed by atoms with van der Waals surface area (Å²) in [7, 11) is 0. The quantitative estimate of drug-likeness (QED) is 0.298. The van der Waals surface area contributed by atoms with Crippen molar-refractivity contribution in [2.45, 2.75) is 44.8 Å². The summed E-state index contributed by atoms with van der Waals surface area (Å²) in [6.07, 6.45) is 7.63. The molecule has 1 aliphatic heterocycles. The average Bonchev–Trinajstić information content (AvgIpc) is 3.38. The van der Waals surface area contributed by atoms with Crippen molar-refractivity contribution < 1.29 is 9.53 Å². The second-order valence-electron chi connectivity index (χ2n) is 9.17. The Bertz CT molecular complexity index is 1170. The van der Waals surface area contributed by atoms with E-state index in [-0.39, 0.29) is 17.9 Å². The lowest BCUT2D eigenvalue weighted by Gasteiger charge is -2.38. The Morgan fingerprint density at radius 3 is 2.65 bits per heavy atom. The molecule has 4 nitrogen and oxygen atoms in total. The molecule has 2 N–H and O–H groups in total. The first-order valence-electron chi connectivity index (χ1n) is 12.4. The number of carbonyl (C=O) groups is 1. The molecular formula is C30H32N2O2. The van der Waals surface area contributed by atoms with Crippen molar-refractivity contribution in [3.63, 3.8) is 0 Å². The Morgan fingerprint density at radius 2 is 1.79 bits per heavy atom. The maximum absolute atomic E-state index is 13.1. The lowest BCUT2D eigenvalue weighted by atomic mass is 9.76. The summed E-state index contributed by atoms with van der Waals surface area (Å²) >= 11 is 0. The summed E-state index contributed by atoms with van der Waals surface area (Å²) in [5.41, 5.74) is 5.17. The van der Waals surface area contributed by atoms with E-state index in [4.69, 9.17) is 4.74 Å². The molecule has 4 heteroatoms. The number of carbonyl (C=O) groups excluding carboxylic acids is 1. The first kappa shape index (κ1) is 22.3. The number of allylic oxidation sites excluding steroid dienone is 2. The van der Waals surface area contributed by atoms with Gasteiger partial charge in [0.2, 0.25) is 0 Å². The Hall–Kier alpha value is -3.53. The van der Waals surface area contributed by atoms with E-state index < -0.39 is 0 Å². The van der Waals surface area contributed by atoms with Gasteiger partial charge in [-0.1, -0.05) is 86.2 Å². The molecule has 3 aromatic carbocycles. The van der Waals surface area contributed by atoms with Gasteiger partial charge in [0, 0.05) is 18.0 Å². The normalized spacial score (nSPS) is 20.2. The van der Waals surface area contributed by atoms with E-state index >= 15 is 0 Å². The maximum Gasteiger partial charge on any atom is 0.253 e. The third kappa shape index (κ3) is 4.45. The van der Waals surface area contributed by atoms with Gasteiger partial charge in [0.1, 0.15) is 12.4 Å². The zero-order valence-electron chi connectivity index (χ0n) is 19.7. The highest BCUT2D eigenvalue weighted by atomic mass is 16.5. The van der Waals surface area contributed by atoms with E-state index in [1.165, 1.54) is 5.56 Å². The van der Waals surface area contributed by atoms with Gasteiger partial charge in [-0.3, -0.25) is 4.79 Å². The van der Waals surface area contributed by atoms with Gasteiger partial charge in [0.15, 0.2) is 0 Å². The smallest absolute Gasteiger partial charge is 0.253 e. The van der Waals surface area contributed by atoms with Crippen LogP contribution in [-0.4, -0.2) is 12.5 Å². The number of rotatable bonds is 8. The van der Waals surface area contributed by atoms with Crippen LogP contribution in [0.15, 0.2) is 84.9 Å². The minimum Gasteiger partial charge on any atom is -0.489 e. The summed E-state index contributed by atoms with van der Waals surface area (Å²) in [5, 5.41) is 6.87. The highest BCUT2D eigenvalue weighted by Gasteiger charge is 2.40. The third-order valence-corrected chi connectivity index (χ3v) is 6.95. The molecule has 174 valence electrons. The highest BCUT2D eigenvalue weighted by Crippen LogP contribution is 2.51. The minimum absolute atomic E-state index is 0.00871. The molecule has 0 fully saturated rings. The highest BCUT2D eigenvalue weighted by molar-refractivity contribution is 6.00. The van der Waals surface area contributed by atoms with Crippen molar-refractivity contribution in [3.05, 3.63) is 107 Å². The van der Waals surface area contributed by atoms with Crippen molar-refractivity contribution in [1.82, 2.24) is 5.32 Å². The lowest BCUT2D eigenvalue weighted by molar-refractivity contribution is 0.0953. The van der Waals surface area contributed by atoms with Gasteiger partial charge in [-0.2, -0.15) is 0 Å². The molecule has 3 unspecified atom stereocenters. The van der Waals surface area contributed by atoms with E-state index in [1.807, 2.05) is 36.4 Å². The lowest BCUT2D eigenvalue weighted by Crippen LogP contribution is -2.32. The monoisotopic (exact) mass is 452 g/mol. The van der Waals surface area contributed by atoms with E-state index in [1.54, 1.807) is 0 Å². The molecule has 0 aromatic heterocycles. The fraction of sp³-hybridized carbons (Fsp3) is 0.300. The number of fused-ring (bicyclic) bond motifs is 3. The molecule has 0 saturated heterocycles. The van der Waals surface area contributed by atoms with Gasteiger partial charge in [-0.05, 0) is 42.0 Å². The Kier molecular flexibility index (Phi) is 6.66. The second-order valence-corrected chi connectivity index (χ2v) is 9.17. The van der Waals surface area contributed by atoms with Crippen LogP contribution in [0.2, 0.25) is 0 Å². The molecule has 1 amide bonds. The molecule has 5 rings (SSSR count). The van der Waals surface area contributed by atoms with Gasteiger partial charge in [-0.25, -0.2) is 0 Å². The van der Waals surface area contributed by atoms with Crippen LogP contribution in [0.4, 0.5) is 5.69 Å². The molecule has 1 heterocycles. The second kappa shape index (κ2) is 10.2. The number of hydrogen-bond donors (Lipinski definition) is 2. The van der Waals surface area contributed by atoms with E-state index in [0.29, 0.717) is 19.1 Å². The van der Waals surface area contributed by atoms with Crippen LogP contribution in [-0.2, 0) is 6.61 Å². The van der Waals surface area contributed by atoms with Crippen LogP contribution in [0.25, 0.3) is 0 Å². The maximum atomic E-state index is 13.1. The van der Waals surface area contributed by atoms with Gasteiger partial charge < -0.3 is 15.4 Å². The van der Waals surface area contributed by atoms with E-state index in [0.717, 1.165) is 47.4 Å². The first-order valence-corrected chi connectivity index (χ1v) is 12.4. The number of hydrogen-bond acceptors (Lipinski definition) is 3. The number of ether oxygens (including phenoxy) is 1. The molecule has 3 aromatic rings. The number of anilines is 1. The molecule has 0 spiro atoms. The Labute approximate surface area is 202 Å². The predicted octanol–water partition coefficient (Wildman–Crippen LogP) is 6.62. The van der Waals surface area contributed by atoms with Crippen molar-refractivity contribution in [2.75, 3.05) is 11.9 Å². The largest absolute Gasteiger partial charge is 0.489 e.